The predicted octanol–water partition coefficient (Wildman–Crippen LogP) is 2.71. The SMILES string of the molecule is COc1ncc2c(C)ccnc2c1Br. The Labute approximate surface area is 90.3 Å². The zero-order valence-electron chi connectivity index (χ0n) is 7.91. The van der Waals surface area contributed by atoms with Crippen LogP contribution in [-0.4, -0.2) is 17.1 Å². The summed E-state index contributed by atoms with van der Waals surface area (Å²) in [7, 11) is 1.59. The molecular formula is C10H9BrN2O. The Balaban J connectivity index is 2.84. The number of nitrogens with zero attached hydrogens (tertiary/aromatic N) is 2. The van der Waals surface area contributed by atoms with E-state index < -0.39 is 0 Å². The summed E-state index contributed by atoms with van der Waals surface area (Å²) in [5, 5.41) is 1.04. The molecule has 0 saturated heterocycles. The molecule has 0 aliphatic heterocycles. The first-order valence-electron chi connectivity index (χ1n) is 4.18. The highest BCUT2D eigenvalue weighted by Crippen LogP contribution is 2.30. The van der Waals surface area contributed by atoms with Crippen LogP contribution in [0.2, 0.25) is 0 Å². The van der Waals surface area contributed by atoms with Crippen molar-refractivity contribution < 1.29 is 4.74 Å². The summed E-state index contributed by atoms with van der Waals surface area (Å²) < 4.78 is 5.90. The van der Waals surface area contributed by atoms with Crippen LogP contribution in [-0.2, 0) is 0 Å². The van der Waals surface area contributed by atoms with Crippen molar-refractivity contribution >= 4 is 26.8 Å². The van der Waals surface area contributed by atoms with E-state index in [0.717, 1.165) is 20.9 Å². The van der Waals surface area contributed by atoms with Crippen LogP contribution in [0.5, 0.6) is 5.88 Å². The first kappa shape index (κ1) is 9.40. The second-order valence-electron chi connectivity index (χ2n) is 2.97. The van der Waals surface area contributed by atoms with Crippen LogP contribution in [0.3, 0.4) is 0 Å². The quantitative estimate of drug-likeness (QED) is 0.783. The molecule has 3 nitrogen and oxygen atoms in total. The highest BCUT2D eigenvalue weighted by atomic mass is 79.9. The third-order valence-electron chi connectivity index (χ3n) is 2.11. The van der Waals surface area contributed by atoms with Gasteiger partial charge < -0.3 is 4.74 Å². The van der Waals surface area contributed by atoms with Gasteiger partial charge in [0.1, 0.15) is 4.47 Å². The Morgan fingerprint density at radius 1 is 1.36 bits per heavy atom. The van der Waals surface area contributed by atoms with Gasteiger partial charge in [-0.2, -0.15) is 0 Å². The van der Waals surface area contributed by atoms with Crippen LogP contribution >= 0.6 is 15.9 Å². The lowest BCUT2D eigenvalue weighted by Gasteiger charge is -2.05. The highest BCUT2D eigenvalue weighted by molar-refractivity contribution is 9.10. The van der Waals surface area contributed by atoms with Crippen LogP contribution in [0, 0.1) is 6.92 Å². The van der Waals surface area contributed by atoms with Crippen molar-refractivity contribution in [3.05, 3.63) is 28.5 Å². The molecule has 0 saturated carbocycles. The predicted molar refractivity (Wildman–Crippen MR) is 58.5 cm³/mol. The minimum atomic E-state index is 0.565. The maximum Gasteiger partial charge on any atom is 0.229 e. The Morgan fingerprint density at radius 2 is 2.14 bits per heavy atom. The molecule has 0 fully saturated rings. The minimum absolute atomic E-state index is 0.565. The maximum absolute atomic E-state index is 5.09. The van der Waals surface area contributed by atoms with E-state index in [1.54, 1.807) is 19.5 Å². The van der Waals surface area contributed by atoms with Gasteiger partial charge in [0.15, 0.2) is 0 Å². The number of hydrogen-bond donors (Lipinski definition) is 0. The molecule has 0 N–H and O–H groups in total. The van der Waals surface area contributed by atoms with Gasteiger partial charge in [-0.1, -0.05) is 0 Å². The topological polar surface area (TPSA) is 35.0 Å². The molecule has 0 unspecified atom stereocenters. The fraction of sp³-hybridized carbons (Fsp3) is 0.200. The van der Waals surface area contributed by atoms with Gasteiger partial charge in [0.05, 0.1) is 12.6 Å². The lowest BCUT2D eigenvalue weighted by Crippen LogP contribution is -1.92. The molecule has 0 amide bonds. The van der Waals surface area contributed by atoms with Gasteiger partial charge in [-0.3, -0.25) is 4.98 Å². The number of rotatable bonds is 1. The molecule has 2 aromatic rings. The molecule has 0 aliphatic carbocycles. The van der Waals surface area contributed by atoms with Gasteiger partial charge in [0.25, 0.3) is 0 Å². The second-order valence-corrected chi connectivity index (χ2v) is 3.76. The van der Waals surface area contributed by atoms with Gasteiger partial charge in [-0.05, 0) is 34.5 Å². The number of halogens is 1. The standard InChI is InChI=1S/C10H9BrN2O/c1-6-3-4-12-9-7(6)5-13-10(14-2)8(9)11/h3-5H,1-2H3. The molecule has 14 heavy (non-hydrogen) atoms. The third kappa shape index (κ3) is 1.35. The lowest BCUT2D eigenvalue weighted by atomic mass is 10.2. The molecule has 0 aromatic carbocycles. The Kier molecular flexibility index (Phi) is 2.37. The van der Waals surface area contributed by atoms with Gasteiger partial charge in [0, 0.05) is 17.8 Å². The molecule has 0 spiro atoms. The van der Waals surface area contributed by atoms with E-state index in [4.69, 9.17) is 4.74 Å². The zero-order chi connectivity index (χ0) is 10.1. The van der Waals surface area contributed by atoms with E-state index >= 15 is 0 Å². The van der Waals surface area contributed by atoms with Crippen molar-refractivity contribution in [3.63, 3.8) is 0 Å². The Morgan fingerprint density at radius 3 is 2.86 bits per heavy atom. The van der Waals surface area contributed by atoms with Crippen molar-refractivity contribution in [1.29, 1.82) is 0 Å². The molecule has 2 heterocycles. The van der Waals surface area contributed by atoms with E-state index in [0.29, 0.717) is 5.88 Å². The van der Waals surface area contributed by atoms with E-state index in [1.807, 2.05) is 13.0 Å². The number of methoxy groups -OCH3 is 1. The number of pyridine rings is 2. The number of ether oxygens (including phenoxy) is 1. The Bertz CT molecular complexity index is 485. The summed E-state index contributed by atoms with van der Waals surface area (Å²) >= 11 is 3.43. The highest BCUT2D eigenvalue weighted by Gasteiger charge is 2.08. The number of hydrogen-bond acceptors (Lipinski definition) is 3. The average molecular weight is 253 g/mol. The lowest BCUT2D eigenvalue weighted by molar-refractivity contribution is 0.396. The van der Waals surface area contributed by atoms with Gasteiger partial charge in [-0.15, -0.1) is 0 Å². The minimum Gasteiger partial charge on any atom is -0.480 e. The number of fused-ring (bicyclic) bond motifs is 1. The molecule has 4 heteroatoms. The first-order valence-corrected chi connectivity index (χ1v) is 4.97. The van der Waals surface area contributed by atoms with Crippen LogP contribution in [0.4, 0.5) is 0 Å². The smallest absolute Gasteiger partial charge is 0.229 e. The first-order chi connectivity index (χ1) is 6.74. The molecule has 0 atom stereocenters. The molecule has 2 rings (SSSR count). The van der Waals surface area contributed by atoms with Crippen molar-refractivity contribution in [3.8, 4) is 5.88 Å². The average Bonchev–Trinajstić information content (AvgIpc) is 2.20. The van der Waals surface area contributed by atoms with Gasteiger partial charge >= 0.3 is 0 Å². The molecule has 0 bridgehead atoms. The van der Waals surface area contributed by atoms with Crippen LogP contribution in [0.1, 0.15) is 5.56 Å². The summed E-state index contributed by atoms with van der Waals surface area (Å²) in [6, 6.07) is 1.96. The molecule has 0 aliphatic rings. The summed E-state index contributed by atoms with van der Waals surface area (Å²) in [4.78, 5) is 8.46. The maximum atomic E-state index is 5.09. The third-order valence-corrected chi connectivity index (χ3v) is 2.82. The summed E-state index contributed by atoms with van der Waals surface area (Å²) in [6.07, 6.45) is 3.56. The monoisotopic (exact) mass is 252 g/mol. The molecule has 2 aromatic heterocycles. The fourth-order valence-corrected chi connectivity index (χ4v) is 1.91. The number of aryl methyl sites for hydroxylation is 1. The fourth-order valence-electron chi connectivity index (χ4n) is 1.33. The normalized spacial score (nSPS) is 10.5. The van der Waals surface area contributed by atoms with Crippen molar-refractivity contribution in [2.24, 2.45) is 0 Å². The number of aromatic nitrogens is 2. The van der Waals surface area contributed by atoms with E-state index in [1.165, 1.54) is 0 Å². The molecule has 72 valence electrons. The van der Waals surface area contributed by atoms with Crippen molar-refractivity contribution in [2.75, 3.05) is 7.11 Å². The van der Waals surface area contributed by atoms with Crippen LogP contribution in [0.25, 0.3) is 10.9 Å². The largest absolute Gasteiger partial charge is 0.480 e. The summed E-state index contributed by atoms with van der Waals surface area (Å²) in [6.45, 7) is 2.03. The zero-order valence-corrected chi connectivity index (χ0v) is 9.50. The Hall–Kier alpha value is -1.16. The van der Waals surface area contributed by atoms with Crippen LogP contribution < -0.4 is 4.74 Å². The summed E-state index contributed by atoms with van der Waals surface area (Å²) in [5.41, 5.74) is 2.04. The second kappa shape index (κ2) is 3.53. The van der Waals surface area contributed by atoms with Gasteiger partial charge in [-0.25, -0.2) is 4.98 Å². The van der Waals surface area contributed by atoms with E-state index in [9.17, 15) is 0 Å². The molecular weight excluding hydrogens is 244 g/mol. The van der Waals surface area contributed by atoms with Crippen molar-refractivity contribution in [2.45, 2.75) is 6.92 Å². The van der Waals surface area contributed by atoms with E-state index in [2.05, 4.69) is 25.9 Å². The van der Waals surface area contributed by atoms with Crippen LogP contribution in [0.15, 0.2) is 22.9 Å². The van der Waals surface area contributed by atoms with Gasteiger partial charge in [0.2, 0.25) is 5.88 Å². The summed E-state index contributed by atoms with van der Waals surface area (Å²) in [5.74, 6) is 0.565. The van der Waals surface area contributed by atoms with E-state index in [-0.39, 0.29) is 0 Å². The molecule has 0 radical (unpaired) electrons. The van der Waals surface area contributed by atoms with Crippen molar-refractivity contribution in [1.82, 2.24) is 9.97 Å².